The quantitative estimate of drug-likeness (QED) is 0.616. The number of hydrogen-bond acceptors (Lipinski definition) is 2. The van der Waals surface area contributed by atoms with E-state index in [1.165, 1.54) is 13.2 Å². The van der Waals surface area contributed by atoms with Gasteiger partial charge in [0.25, 0.3) is 0 Å². The Balaban J connectivity index is 2.29. The maximum atomic E-state index is 13.7. The van der Waals surface area contributed by atoms with Gasteiger partial charge in [-0.05, 0) is 34.5 Å². The van der Waals surface area contributed by atoms with Gasteiger partial charge >= 0.3 is 5.97 Å². The summed E-state index contributed by atoms with van der Waals surface area (Å²) >= 11 is 6.09. The average Bonchev–Trinajstić information content (AvgIpc) is 2.55. The summed E-state index contributed by atoms with van der Waals surface area (Å²) in [6.45, 7) is 0. The minimum atomic E-state index is -0.472. The van der Waals surface area contributed by atoms with Gasteiger partial charge in [0.1, 0.15) is 5.82 Å². The van der Waals surface area contributed by atoms with Gasteiger partial charge in [0.2, 0.25) is 0 Å². The summed E-state index contributed by atoms with van der Waals surface area (Å²) < 4.78 is 18.5. The molecule has 0 saturated heterocycles. The molecule has 0 fully saturated rings. The number of methoxy groups -OCH3 is 1. The molecule has 0 aliphatic heterocycles. The Labute approximate surface area is 132 Å². The second-order valence-electron chi connectivity index (χ2n) is 4.83. The molecular formula is C18H12ClFO2. The van der Waals surface area contributed by atoms with Gasteiger partial charge in [-0.25, -0.2) is 9.18 Å². The van der Waals surface area contributed by atoms with Crippen molar-refractivity contribution in [3.63, 3.8) is 0 Å². The third kappa shape index (κ3) is 2.44. The molecule has 0 radical (unpaired) electrons. The molecule has 0 saturated carbocycles. The van der Waals surface area contributed by atoms with Gasteiger partial charge in [-0.1, -0.05) is 48.0 Å². The van der Waals surface area contributed by atoms with Gasteiger partial charge in [0.05, 0.1) is 17.7 Å². The molecule has 4 heteroatoms. The number of hydrogen-bond donors (Lipinski definition) is 0. The van der Waals surface area contributed by atoms with Gasteiger partial charge in [0.15, 0.2) is 0 Å². The zero-order valence-electron chi connectivity index (χ0n) is 11.8. The fraction of sp³-hybridized carbons (Fsp3) is 0.0556. The Hall–Kier alpha value is -2.39. The highest BCUT2D eigenvalue weighted by atomic mass is 35.5. The van der Waals surface area contributed by atoms with Gasteiger partial charge < -0.3 is 4.74 Å². The Morgan fingerprint density at radius 2 is 1.77 bits per heavy atom. The standard InChI is InChI=1S/C18H12ClFO2/c1-22-18(21)12-9-8-11-4-2-5-13(15(11)10-12)14-6-3-7-16(20)17(14)19/h2-10H,1H3. The van der Waals surface area contributed by atoms with Gasteiger partial charge in [-0.3, -0.25) is 0 Å². The van der Waals surface area contributed by atoms with Crippen molar-refractivity contribution >= 4 is 28.3 Å². The number of halogens is 2. The summed E-state index contributed by atoms with van der Waals surface area (Å²) in [7, 11) is 1.34. The molecule has 110 valence electrons. The van der Waals surface area contributed by atoms with E-state index >= 15 is 0 Å². The number of ether oxygens (including phenoxy) is 1. The SMILES string of the molecule is COC(=O)c1ccc2cccc(-c3cccc(F)c3Cl)c2c1. The van der Waals surface area contributed by atoms with Crippen molar-refractivity contribution in [1.29, 1.82) is 0 Å². The first kappa shape index (κ1) is 14.5. The molecule has 0 atom stereocenters. The van der Waals surface area contributed by atoms with Crippen LogP contribution in [-0.4, -0.2) is 13.1 Å². The molecule has 0 unspecified atom stereocenters. The summed E-state index contributed by atoms with van der Waals surface area (Å²) in [4.78, 5) is 11.7. The van der Waals surface area contributed by atoms with E-state index in [2.05, 4.69) is 0 Å². The molecule has 0 amide bonds. The summed E-state index contributed by atoms with van der Waals surface area (Å²) in [5, 5.41) is 1.82. The van der Waals surface area contributed by atoms with Crippen molar-refractivity contribution in [2.75, 3.05) is 7.11 Å². The zero-order valence-corrected chi connectivity index (χ0v) is 12.5. The van der Waals surface area contributed by atoms with Crippen molar-refractivity contribution in [3.05, 3.63) is 71.0 Å². The highest BCUT2D eigenvalue weighted by molar-refractivity contribution is 6.34. The maximum Gasteiger partial charge on any atom is 0.337 e. The van der Waals surface area contributed by atoms with E-state index in [9.17, 15) is 9.18 Å². The van der Waals surface area contributed by atoms with Crippen LogP contribution in [0.25, 0.3) is 21.9 Å². The number of benzene rings is 3. The molecule has 0 bridgehead atoms. The van der Waals surface area contributed by atoms with Crippen LogP contribution in [0.4, 0.5) is 4.39 Å². The van der Waals surface area contributed by atoms with E-state index in [4.69, 9.17) is 16.3 Å². The molecule has 0 aliphatic carbocycles. The fourth-order valence-corrected chi connectivity index (χ4v) is 2.69. The largest absolute Gasteiger partial charge is 0.465 e. The number of rotatable bonds is 2. The Morgan fingerprint density at radius 1 is 1.05 bits per heavy atom. The molecule has 3 aromatic rings. The third-order valence-corrected chi connectivity index (χ3v) is 3.93. The Bertz CT molecular complexity index is 874. The minimum absolute atomic E-state index is 0.0680. The summed E-state index contributed by atoms with van der Waals surface area (Å²) in [6.07, 6.45) is 0. The van der Waals surface area contributed by atoms with E-state index < -0.39 is 11.8 Å². The van der Waals surface area contributed by atoms with Crippen LogP contribution in [-0.2, 0) is 4.74 Å². The van der Waals surface area contributed by atoms with Crippen molar-refractivity contribution in [1.82, 2.24) is 0 Å². The molecule has 0 aromatic heterocycles. The molecular weight excluding hydrogens is 303 g/mol. The maximum absolute atomic E-state index is 13.7. The second kappa shape index (κ2) is 5.78. The molecule has 22 heavy (non-hydrogen) atoms. The molecule has 0 N–H and O–H groups in total. The van der Waals surface area contributed by atoms with E-state index in [1.807, 2.05) is 24.3 Å². The van der Waals surface area contributed by atoms with Crippen LogP contribution in [0, 0.1) is 5.82 Å². The average molecular weight is 315 g/mol. The van der Waals surface area contributed by atoms with Gasteiger partial charge in [0, 0.05) is 5.56 Å². The number of esters is 1. The van der Waals surface area contributed by atoms with E-state index in [-0.39, 0.29) is 5.02 Å². The first-order chi connectivity index (χ1) is 10.6. The third-order valence-electron chi connectivity index (χ3n) is 3.55. The first-order valence-corrected chi connectivity index (χ1v) is 7.05. The number of fused-ring (bicyclic) bond motifs is 1. The van der Waals surface area contributed by atoms with Gasteiger partial charge in [-0.2, -0.15) is 0 Å². The van der Waals surface area contributed by atoms with Crippen LogP contribution in [0.5, 0.6) is 0 Å². The van der Waals surface area contributed by atoms with E-state index in [0.29, 0.717) is 11.1 Å². The molecule has 0 aliphatic rings. The lowest BCUT2D eigenvalue weighted by molar-refractivity contribution is 0.0601. The minimum Gasteiger partial charge on any atom is -0.465 e. The molecule has 3 rings (SSSR count). The summed E-state index contributed by atoms with van der Waals surface area (Å²) in [5.74, 6) is -0.887. The zero-order chi connectivity index (χ0) is 15.7. The second-order valence-corrected chi connectivity index (χ2v) is 5.21. The lowest BCUT2D eigenvalue weighted by Crippen LogP contribution is -2.00. The topological polar surface area (TPSA) is 26.3 Å². The molecule has 2 nitrogen and oxygen atoms in total. The van der Waals surface area contributed by atoms with Crippen LogP contribution in [0.15, 0.2) is 54.6 Å². The van der Waals surface area contributed by atoms with Crippen LogP contribution in [0.3, 0.4) is 0 Å². The van der Waals surface area contributed by atoms with Crippen molar-refractivity contribution in [2.24, 2.45) is 0 Å². The first-order valence-electron chi connectivity index (χ1n) is 6.67. The molecule has 0 heterocycles. The van der Waals surface area contributed by atoms with Crippen LogP contribution >= 0.6 is 11.6 Å². The van der Waals surface area contributed by atoms with Crippen molar-refractivity contribution in [3.8, 4) is 11.1 Å². The van der Waals surface area contributed by atoms with Crippen LogP contribution < -0.4 is 0 Å². The highest BCUT2D eigenvalue weighted by Crippen LogP contribution is 2.35. The van der Waals surface area contributed by atoms with Crippen LogP contribution in [0.2, 0.25) is 5.02 Å². The number of carbonyl (C=O) groups excluding carboxylic acids is 1. The predicted octanol–water partition coefficient (Wildman–Crippen LogP) is 5.09. The van der Waals surface area contributed by atoms with E-state index in [1.54, 1.807) is 24.3 Å². The van der Waals surface area contributed by atoms with Crippen LogP contribution in [0.1, 0.15) is 10.4 Å². The number of carbonyl (C=O) groups is 1. The van der Waals surface area contributed by atoms with Crippen molar-refractivity contribution in [2.45, 2.75) is 0 Å². The highest BCUT2D eigenvalue weighted by Gasteiger charge is 2.13. The lowest BCUT2D eigenvalue weighted by Gasteiger charge is -2.10. The van der Waals surface area contributed by atoms with Crippen molar-refractivity contribution < 1.29 is 13.9 Å². The fourth-order valence-electron chi connectivity index (χ4n) is 2.46. The predicted molar refractivity (Wildman–Crippen MR) is 85.7 cm³/mol. The summed E-state index contributed by atoms with van der Waals surface area (Å²) in [5.41, 5.74) is 1.80. The molecule has 0 spiro atoms. The summed E-state index contributed by atoms with van der Waals surface area (Å²) in [6, 6.07) is 15.6. The monoisotopic (exact) mass is 314 g/mol. The Morgan fingerprint density at radius 3 is 2.55 bits per heavy atom. The smallest absolute Gasteiger partial charge is 0.337 e. The lowest BCUT2D eigenvalue weighted by atomic mass is 9.96. The van der Waals surface area contributed by atoms with E-state index in [0.717, 1.165) is 16.3 Å². The normalized spacial score (nSPS) is 10.7. The van der Waals surface area contributed by atoms with Gasteiger partial charge in [-0.15, -0.1) is 0 Å². The Kier molecular flexibility index (Phi) is 3.82. The molecule has 3 aromatic carbocycles.